The van der Waals surface area contributed by atoms with E-state index >= 15 is 0 Å². The van der Waals surface area contributed by atoms with Crippen molar-refractivity contribution < 1.29 is 31.1 Å². The van der Waals surface area contributed by atoms with Crippen molar-refractivity contribution in [2.75, 3.05) is 0 Å². The zero-order chi connectivity index (χ0) is 19.6. The van der Waals surface area contributed by atoms with Gasteiger partial charge in [0.25, 0.3) is 0 Å². The van der Waals surface area contributed by atoms with Gasteiger partial charge in [-0.2, -0.15) is 13.2 Å². The standard InChI is InChI=1S/C17H26F3NO4S/c1-4-14(2,3)13(22)25-16-8-11-5-12(9-16)7-15(6-11,10-16)21-26(23,24)17(18,19)20/h11-12,21H,4-10H2,1-3H3. The third kappa shape index (κ3) is 3.37. The van der Waals surface area contributed by atoms with Crippen LogP contribution in [0.3, 0.4) is 0 Å². The molecule has 0 radical (unpaired) electrons. The number of hydrogen-bond acceptors (Lipinski definition) is 4. The first-order valence-corrected chi connectivity index (χ1v) is 10.5. The van der Waals surface area contributed by atoms with Crippen LogP contribution in [-0.2, 0) is 19.6 Å². The fourth-order valence-corrected chi connectivity index (χ4v) is 6.16. The van der Waals surface area contributed by atoms with Crippen LogP contribution >= 0.6 is 0 Å². The van der Waals surface area contributed by atoms with Gasteiger partial charge in [0.1, 0.15) is 5.60 Å². The SMILES string of the molecule is CCC(C)(C)C(=O)OC12CC3CC(CC(NS(=O)(=O)C(F)(F)F)(C3)C1)C2. The number of nitrogens with one attached hydrogen (secondary N) is 1. The van der Waals surface area contributed by atoms with Crippen LogP contribution in [0.4, 0.5) is 13.2 Å². The minimum Gasteiger partial charge on any atom is -0.459 e. The Kier molecular flexibility index (Phi) is 4.47. The second kappa shape index (κ2) is 5.83. The normalized spacial score (nSPS) is 37.0. The summed E-state index contributed by atoms with van der Waals surface area (Å²) in [5, 5.41) is 0. The van der Waals surface area contributed by atoms with E-state index in [4.69, 9.17) is 4.74 Å². The second-order valence-corrected chi connectivity index (χ2v) is 10.8. The number of carbonyl (C=O) groups is 1. The number of rotatable bonds is 5. The van der Waals surface area contributed by atoms with Crippen LogP contribution in [0, 0.1) is 17.3 Å². The first-order chi connectivity index (χ1) is 11.7. The molecule has 150 valence electrons. The Labute approximate surface area is 152 Å². The molecule has 4 aliphatic carbocycles. The third-order valence-corrected chi connectivity index (χ3v) is 7.72. The smallest absolute Gasteiger partial charge is 0.459 e. The molecular weight excluding hydrogens is 371 g/mol. The van der Waals surface area contributed by atoms with Gasteiger partial charge in [-0.05, 0) is 64.2 Å². The van der Waals surface area contributed by atoms with Crippen LogP contribution in [0.25, 0.3) is 0 Å². The summed E-state index contributed by atoms with van der Waals surface area (Å²) in [5.74, 6) is -0.217. The Morgan fingerprint density at radius 1 is 1.15 bits per heavy atom. The van der Waals surface area contributed by atoms with E-state index in [1.165, 1.54) is 0 Å². The minimum absolute atomic E-state index is 0.0738. The molecule has 0 heterocycles. The van der Waals surface area contributed by atoms with Crippen molar-refractivity contribution in [3.05, 3.63) is 0 Å². The zero-order valence-corrected chi connectivity index (χ0v) is 16.1. The Morgan fingerprint density at radius 2 is 1.69 bits per heavy atom. The van der Waals surface area contributed by atoms with Gasteiger partial charge in [-0.3, -0.25) is 4.79 Å². The molecular formula is C17H26F3NO4S. The number of carbonyl (C=O) groups excluding carboxylic acids is 1. The van der Waals surface area contributed by atoms with Gasteiger partial charge in [-0.25, -0.2) is 13.1 Å². The van der Waals surface area contributed by atoms with E-state index in [1.807, 2.05) is 11.6 Å². The van der Waals surface area contributed by atoms with Crippen LogP contribution in [-0.4, -0.2) is 31.0 Å². The molecule has 5 nitrogen and oxygen atoms in total. The first kappa shape index (κ1) is 19.9. The van der Waals surface area contributed by atoms with Gasteiger partial charge in [0.2, 0.25) is 0 Å². The van der Waals surface area contributed by atoms with Crippen molar-refractivity contribution in [1.29, 1.82) is 0 Å². The maximum absolute atomic E-state index is 12.9. The number of esters is 1. The lowest BCUT2D eigenvalue weighted by Gasteiger charge is -2.61. The van der Waals surface area contributed by atoms with E-state index in [0.717, 1.165) is 6.42 Å². The predicted molar refractivity (Wildman–Crippen MR) is 88.4 cm³/mol. The molecule has 0 aromatic carbocycles. The highest BCUT2D eigenvalue weighted by Crippen LogP contribution is 2.59. The van der Waals surface area contributed by atoms with Crippen LogP contribution in [0.15, 0.2) is 0 Å². The summed E-state index contributed by atoms with van der Waals surface area (Å²) in [7, 11) is -5.44. The largest absolute Gasteiger partial charge is 0.511 e. The molecule has 26 heavy (non-hydrogen) atoms. The van der Waals surface area contributed by atoms with Gasteiger partial charge in [0.05, 0.1) is 5.41 Å². The molecule has 0 amide bonds. The Morgan fingerprint density at radius 3 is 2.15 bits per heavy atom. The quantitative estimate of drug-likeness (QED) is 0.721. The van der Waals surface area contributed by atoms with Gasteiger partial charge in [0, 0.05) is 12.0 Å². The molecule has 2 atom stereocenters. The molecule has 4 saturated carbocycles. The summed E-state index contributed by atoms with van der Waals surface area (Å²) >= 11 is 0. The van der Waals surface area contributed by atoms with Crippen molar-refractivity contribution in [2.45, 2.75) is 82.4 Å². The van der Waals surface area contributed by atoms with Crippen molar-refractivity contribution >= 4 is 16.0 Å². The molecule has 4 rings (SSSR count). The Bertz CT molecular complexity index is 687. The molecule has 4 fully saturated rings. The van der Waals surface area contributed by atoms with Gasteiger partial charge < -0.3 is 4.74 Å². The maximum Gasteiger partial charge on any atom is 0.511 e. The fourth-order valence-electron chi connectivity index (χ4n) is 5.24. The summed E-state index contributed by atoms with van der Waals surface area (Å²) in [5.41, 5.74) is -8.05. The lowest BCUT2D eigenvalue weighted by Crippen LogP contribution is -2.67. The van der Waals surface area contributed by atoms with E-state index in [1.54, 1.807) is 13.8 Å². The Hall–Kier alpha value is -0.830. The first-order valence-electron chi connectivity index (χ1n) is 9.05. The Balaban J connectivity index is 1.87. The fraction of sp³-hybridized carbons (Fsp3) is 0.941. The summed E-state index contributed by atoms with van der Waals surface area (Å²) < 4.78 is 69.9. The van der Waals surface area contributed by atoms with E-state index in [2.05, 4.69) is 0 Å². The highest BCUT2D eigenvalue weighted by molar-refractivity contribution is 7.90. The van der Waals surface area contributed by atoms with Gasteiger partial charge in [0.15, 0.2) is 0 Å². The summed E-state index contributed by atoms with van der Waals surface area (Å²) in [4.78, 5) is 12.6. The van der Waals surface area contributed by atoms with E-state index in [-0.39, 0.29) is 24.2 Å². The number of hydrogen-bond donors (Lipinski definition) is 1. The highest BCUT2D eigenvalue weighted by Gasteiger charge is 2.63. The van der Waals surface area contributed by atoms with Crippen LogP contribution in [0.1, 0.15) is 65.7 Å². The van der Waals surface area contributed by atoms with Crippen molar-refractivity contribution in [3.8, 4) is 0 Å². The molecule has 0 aromatic rings. The maximum atomic E-state index is 12.9. The number of ether oxygens (including phenoxy) is 1. The van der Waals surface area contributed by atoms with Crippen LogP contribution < -0.4 is 4.72 Å². The molecule has 0 aliphatic heterocycles. The molecule has 4 aliphatic rings. The summed E-state index contributed by atoms with van der Waals surface area (Å²) in [6.45, 7) is 5.43. The number of halogens is 3. The molecule has 9 heteroatoms. The van der Waals surface area contributed by atoms with E-state index < -0.39 is 32.1 Å². The second-order valence-electron chi connectivity index (χ2n) is 9.10. The number of sulfonamides is 1. The van der Waals surface area contributed by atoms with Crippen molar-refractivity contribution in [2.24, 2.45) is 17.3 Å². The average molecular weight is 397 g/mol. The van der Waals surface area contributed by atoms with Gasteiger partial charge in [-0.15, -0.1) is 0 Å². The van der Waals surface area contributed by atoms with Crippen LogP contribution in [0.2, 0.25) is 0 Å². The highest BCUT2D eigenvalue weighted by atomic mass is 32.2. The molecule has 0 saturated heterocycles. The molecule has 0 aromatic heterocycles. The monoisotopic (exact) mass is 397 g/mol. The summed E-state index contributed by atoms with van der Waals surface area (Å²) in [6, 6.07) is 0. The lowest BCUT2D eigenvalue weighted by molar-refractivity contribution is -0.199. The van der Waals surface area contributed by atoms with Crippen LogP contribution in [0.5, 0.6) is 0 Å². The minimum atomic E-state index is -5.44. The molecule has 4 bridgehead atoms. The topological polar surface area (TPSA) is 72.5 Å². The molecule has 0 spiro atoms. The molecule has 2 unspecified atom stereocenters. The lowest BCUT2D eigenvalue weighted by atomic mass is 9.51. The van der Waals surface area contributed by atoms with E-state index in [9.17, 15) is 26.4 Å². The van der Waals surface area contributed by atoms with Gasteiger partial charge >= 0.3 is 21.5 Å². The van der Waals surface area contributed by atoms with Crippen molar-refractivity contribution in [1.82, 2.24) is 4.72 Å². The average Bonchev–Trinajstić information content (AvgIpc) is 2.42. The number of alkyl halides is 3. The third-order valence-electron chi connectivity index (χ3n) is 6.41. The zero-order valence-electron chi connectivity index (χ0n) is 15.3. The summed E-state index contributed by atoms with van der Waals surface area (Å²) in [6.07, 6.45) is 3.50. The van der Waals surface area contributed by atoms with Gasteiger partial charge in [-0.1, -0.05) is 6.92 Å². The van der Waals surface area contributed by atoms with Crippen molar-refractivity contribution in [3.63, 3.8) is 0 Å². The van der Waals surface area contributed by atoms with E-state index in [0.29, 0.717) is 32.1 Å². The predicted octanol–water partition coefficient (Wildman–Crippen LogP) is 3.50. The molecule has 1 N–H and O–H groups in total.